The van der Waals surface area contributed by atoms with E-state index in [1.54, 1.807) is 0 Å². The topological polar surface area (TPSA) is 59.7 Å². The van der Waals surface area contributed by atoms with E-state index in [1.807, 2.05) is 37.3 Å². The van der Waals surface area contributed by atoms with Crippen LogP contribution >= 0.6 is 11.8 Å². The van der Waals surface area contributed by atoms with Crippen molar-refractivity contribution in [3.8, 4) is 17.1 Å². The van der Waals surface area contributed by atoms with Gasteiger partial charge >= 0.3 is 12.1 Å². The molecule has 0 saturated carbocycles. The van der Waals surface area contributed by atoms with E-state index in [0.717, 1.165) is 47.6 Å². The third-order valence-electron chi connectivity index (χ3n) is 4.97. The minimum absolute atomic E-state index is 0.0595. The Kier molecular flexibility index (Phi) is 8.49. The number of thioether (sulfide) groups is 1. The molecular formula is C25H25F3O4S. The van der Waals surface area contributed by atoms with Crippen LogP contribution in [-0.2, 0) is 29.6 Å². The van der Waals surface area contributed by atoms with Crippen molar-refractivity contribution in [3.05, 3.63) is 77.0 Å². The molecule has 4 nitrogen and oxygen atoms in total. The minimum Gasteiger partial charge on any atom is -0.494 e. The first kappa shape index (κ1) is 24.8. The molecule has 0 radical (unpaired) electrons. The number of hydrogen-bond donors (Lipinski definition) is 1. The standard InChI is InChI=1S/C25H25F3O4S/c1-2-22-19(14-23(32-22)18-8-10-20(11-9-18)25(26,27)28)6-4-12-31-21-7-3-5-17(13-21)15-33-16-24(29)30/h3,5,7-11,13-14H,2,4,6,12,15-16H2,1H3,(H,29,30). The van der Waals surface area contributed by atoms with Crippen LogP contribution < -0.4 is 4.74 Å². The number of carbonyl (C=O) groups is 1. The molecule has 1 aromatic heterocycles. The lowest BCUT2D eigenvalue weighted by atomic mass is 10.1. The molecule has 1 heterocycles. The Labute approximate surface area is 194 Å². The summed E-state index contributed by atoms with van der Waals surface area (Å²) in [7, 11) is 0. The van der Waals surface area contributed by atoms with Crippen LogP contribution in [0.2, 0.25) is 0 Å². The number of furan rings is 1. The molecule has 176 valence electrons. The highest BCUT2D eigenvalue weighted by atomic mass is 32.2. The Bertz CT molecular complexity index is 1060. The molecule has 0 amide bonds. The van der Waals surface area contributed by atoms with E-state index in [4.69, 9.17) is 14.3 Å². The van der Waals surface area contributed by atoms with Crippen molar-refractivity contribution in [2.24, 2.45) is 0 Å². The second kappa shape index (κ2) is 11.3. The lowest BCUT2D eigenvalue weighted by molar-refractivity contribution is -0.137. The Morgan fingerprint density at radius 2 is 1.88 bits per heavy atom. The Balaban J connectivity index is 1.55. The van der Waals surface area contributed by atoms with Crippen LogP contribution in [0.15, 0.2) is 59.0 Å². The third kappa shape index (κ3) is 7.32. The maximum atomic E-state index is 12.8. The summed E-state index contributed by atoms with van der Waals surface area (Å²) in [5.74, 6) is 1.94. The highest BCUT2D eigenvalue weighted by molar-refractivity contribution is 7.99. The Morgan fingerprint density at radius 1 is 1.12 bits per heavy atom. The summed E-state index contributed by atoms with van der Waals surface area (Å²) in [5.41, 5.74) is 1.95. The van der Waals surface area contributed by atoms with E-state index < -0.39 is 17.7 Å². The van der Waals surface area contributed by atoms with Crippen molar-refractivity contribution in [2.45, 2.75) is 38.1 Å². The van der Waals surface area contributed by atoms with Crippen LogP contribution in [0, 0.1) is 0 Å². The monoisotopic (exact) mass is 478 g/mol. The SMILES string of the molecule is CCc1oc(-c2ccc(C(F)(F)F)cc2)cc1CCCOc1cccc(CSCC(=O)O)c1. The molecule has 0 aliphatic carbocycles. The summed E-state index contributed by atoms with van der Waals surface area (Å²) in [6.45, 7) is 2.47. The maximum absolute atomic E-state index is 12.8. The average Bonchev–Trinajstić information content (AvgIpc) is 3.19. The zero-order chi connectivity index (χ0) is 23.8. The number of aryl methyl sites for hydroxylation is 2. The van der Waals surface area contributed by atoms with Gasteiger partial charge in [0.1, 0.15) is 17.3 Å². The number of rotatable bonds is 11. The molecule has 0 bridgehead atoms. The van der Waals surface area contributed by atoms with Gasteiger partial charge in [-0.3, -0.25) is 4.79 Å². The highest BCUT2D eigenvalue weighted by Crippen LogP contribution is 2.32. The molecule has 3 aromatic rings. The molecule has 0 aliphatic heterocycles. The molecule has 0 unspecified atom stereocenters. The van der Waals surface area contributed by atoms with E-state index in [-0.39, 0.29) is 5.75 Å². The van der Waals surface area contributed by atoms with Crippen LogP contribution in [0.1, 0.15) is 35.8 Å². The second-order valence-corrected chi connectivity index (χ2v) is 8.46. The molecule has 33 heavy (non-hydrogen) atoms. The molecule has 0 atom stereocenters. The van der Waals surface area contributed by atoms with Gasteiger partial charge in [0.2, 0.25) is 0 Å². The lowest BCUT2D eigenvalue weighted by Gasteiger charge is -2.08. The van der Waals surface area contributed by atoms with E-state index in [0.29, 0.717) is 30.1 Å². The summed E-state index contributed by atoms with van der Waals surface area (Å²) in [4.78, 5) is 10.6. The first-order chi connectivity index (χ1) is 15.8. The molecule has 0 spiro atoms. The van der Waals surface area contributed by atoms with E-state index in [1.165, 1.54) is 23.9 Å². The fourth-order valence-electron chi connectivity index (χ4n) is 3.38. The number of carboxylic acid groups (broad SMARTS) is 1. The van der Waals surface area contributed by atoms with Gasteiger partial charge in [0.05, 0.1) is 17.9 Å². The number of benzene rings is 2. The zero-order valence-electron chi connectivity index (χ0n) is 18.2. The first-order valence-electron chi connectivity index (χ1n) is 10.6. The smallest absolute Gasteiger partial charge is 0.416 e. The van der Waals surface area contributed by atoms with Crippen LogP contribution in [0.5, 0.6) is 5.75 Å². The molecule has 3 rings (SSSR count). The van der Waals surface area contributed by atoms with Gasteiger partial charge in [-0.15, -0.1) is 11.8 Å². The van der Waals surface area contributed by atoms with Gasteiger partial charge in [-0.1, -0.05) is 31.2 Å². The van der Waals surface area contributed by atoms with Crippen molar-refractivity contribution in [1.29, 1.82) is 0 Å². The summed E-state index contributed by atoms with van der Waals surface area (Å²) in [6, 6.07) is 14.5. The average molecular weight is 479 g/mol. The van der Waals surface area contributed by atoms with E-state index in [2.05, 4.69) is 0 Å². The maximum Gasteiger partial charge on any atom is 0.416 e. The Morgan fingerprint density at radius 3 is 2.55 bits per heavy atom. The lowest BCUT2D eigenvalue weighted by Crippen LogP contribution is -2.03. The van der Waals surface area contributed by atoms with Gasteiger partial charge in [0, 0.05) is 17.7 Å². The van der Waals surface area contributed by atoms with Gasteiger partial charge in [-0.05, 0) is 54.3 Å². The molecule has 0 fully saturated rings. The number of halogens is 3. The van der Waals surface area contributed by atoms with Gasteiger partial charge in [0.25, 0.3) is 0 Å². The first-order valence-corrected chi connectivity index (χ1v) is 11.7. The molecule has 1 N–H and O–H groups in total. The quantitative estimate of drug-likeness (QED) is 0.305. The minimum atomic E-state index is -4.36. The normalized spacial score (nSPS) is 11.5. The molecule has 0 saturated heterocycles. The van der Waals surface area contributed by atoms with Crippen molar-refractivity contribution < 1.29 is 32.2 Å². The molecule has 0 aliphatic rings. The summed E-state index contributed by atoms with van der Waals surface area (Å²) >= 11 is 1.33. The highest BCUT2D eigenvalue weighted by Gasteiger charge is 2.30. The largest absolute Gasteiger partial charge is 0.494 e. The van der Waals surface area contributed by atoms with Crippen LogP contribution in [0.4, 0.5) is 13.2 Å². The zero-order valence-corrected chi connectivity index (χ0v) is 19.0. The van der Waals surface area contributed by atoms with Crippen molar-refractivity contribution >= 4 is 17.7 Å². The van der Waals surface area contributed by atoms with Crippen LogP contribution in [0.25, 0.3) is 11.3 Å². The summed E-state index contributed by atoms with van der Waals surface area (Å²) in [5, 5.41) is 8.73. The second-order valence-electron chi connectivity index (χ2n) is 7.47. The van der Waals surface area contributed by atoms with Crippen LogP contribution in [-0.4, -0.2) is 23.4 Å². The van der Waals surface area contributed by atoms with Crippen molar-refractivity contribution in [2.75, 3.05) is 12.4 Å². The fraction of sp³-hybridized carbons (Fsp3) is 0.320. The van der Waals surface area contributed by atoms with Gasteiger partial charge in [-0.2, -0.15) is 13.2 Å². The molecule has 8 heteroatoms. The summed E-state index contributed by atoms with van der Waals surface area (Å²) < 4.78 is 50.1. The number of hydrogen-bond acceptors (Lipinski definition) is 4. The predicted octanol–water partition coefficient (Wildman–Crippen LogP) is 6.86. The number of aliphatic carboxylic acids is 1. The van der Waals surface area contributed by atoms with Crippen LogP contribution in [0.3, 0.4) is 0 Å². The summed E-state index contributed by atoms with van der Waals surface area (Å²) in [6.07, 6.45) is -2.20. The third-order valence-corrected chi connectivity index (χ3v) is 5.95. The number of carboxylic acids is 1. The van der Waals surface area contributed by atoms with Crippen molar-refractivity contribution in [3.63, 3.8) is 0 Å². The van der Waals surface area contributed by atoms with Gasteiger partial charge in [0.15, 0.2) is 0 Å². The number of alkyl halides is 3. The van der Waals surface area contributed by atoms with Crippen molar-refractivity contribution in [1.82, 2.24) is 0 Å². The van der Waals surface area contributed by atoms with E-state index in [9.17, 15) is 18.0 Å². The number of ether oxygens (including phenoxy) is 1. The van der Waals surface area contributed by atoms with E-state index >= 15 is 0 Å². The van der Waals surface area contributed by atoms with Gasteiger partial charge in [-0.25, -0.2) is 0 Å². The predicted molar refractivity (Wildman–Crippen MR) is 123 cm³/mol. The molecule has 2 aromatic carbocycles. The fourth-order valence-corrected chi connectivity index (χ4v) is 4.07. The Hall–Kier alpha value is -2.87. The van der Waals surface area contributed by atoms with Gasteiger partial charge < -0.3 is 14.3 Å². The molecular weight excluding hydrogens is 453 g/mol.